The van der Waals surface area contributed by atoms with E-state index in [1.807, 2.05) is 13.0 Å². The van der Waals surface area contributed by atoms with Crippen LogP contribution in [0, 0.1) is 6.92 Å². The van der Waals surface area contributed by atoms with Gasteiger partial charge >= 0.3 is 6.03 Å². The second kappa shape index (κ2) is 7.93. The monoisotopic (exact) mass is 430 g/mol. The predicted octanol–water partition coefficient (Wildman–Crippen LogP) is 2.25. The third kappa shape index (κ3) is 3.78. The second-order valence-electron chi connectivity index (χ2n) is 7.95. The number of aryl methyl sites for hydroxylation is 1. The molecule has 3 N–H and O–H groups in total. The van der Waals surface area contributed by atoms with Crippen molar-refractivity contribution in [3.8, 4) is 0 Å². The lowest BCUT2D eigenvalue weighted by Gasteiger charge is -2.42. The van der Waals surface area contributed by atoms with Gasteiger partial charge in [-0.1, -0.05) is 0 Å². The number of nitrogens with zero attached hydrogens (tertiary/aromatic N) is 4. The maximum Gasteiger partial charge on any atom is 0.324 e. The highest BCUT2D eigenvalue weighted by Crippen LogP contribution is 2.38. The fraction of sp³-hybridized carbons (Fsp3) is 0.500. The van der Waals surface area contributed by atoms with E-state index in [0.717, 1.165) is 23.7 Å². The van der Waals surface area contributed by atoms with Gasteiger partial charge in [0.1, 0.15) is 0 Å². The number of hydrogen-bond acceptors (Lipinski definition) is 7. The summed E-state index contributed by atoms with van der Waals surface area (Å²) in [6.07, 6.45) is 3.74. The fourth-order valence-corrected chi connectivity index (χ4v) is 5.07. The van der Waals surface area contributed by atoms with Crippen molar-refractivity contribution in [1.82, 2.24) is 20.2 Å². The molecule has 4 rings (SSSR count). The summed E-state index contributed by atoms with van der Waals surface area (Å²) >= 11 is 1.47. The van der Waals surface area contributed by atoms with Crippen molar-refractivity contribution in [2.45, 2.75) is 51.4 Å². The van der Waals surface area contributed by atoms with Gasteiger partial charge < -0.3 is 15.7 Å². The summed E-state index contributed by atoms with van der Waals surface area (Å²) in [4.78, 5) is 37.1. The van der Waals surface area contributed by atoms with E-state index in [4.69, 9.17) is 0 Å². The van der Waals surface area contributed by atoms with E-state index in [2.05, 4.69) is 32.4 Å². The van der Waals surface area contributed by atoms with E-state index in [-0.39, 0.29) is 18.0 Å². The first-order valence-electron chi connectivity index (χ1n) is 9.98. The molecule has 0 bridgehead atoms. The van der Waals surface area contributed by atoms with Crippen LogP contribution in [0.4, 0.5) is 15.6 Å². The van der Waals surface area contributed by atoms with Crippen molar-refractivity contribution >= 4 is 34.1 Å². The first kappa shape index (κ1) is 20.7. The summed E-state index contributed by atoms with van der Waals surface area (Å²) in [5.74, 6) is -0.136. The summed E-state index contributed by atoms with van der Waals surface area (Å²) in [6, 6.07) is 3.47. The predicted molar refractivity (Wildman–Crippen MR) is 114 cm³/mol. The van der Waals surface area contributed by atoms with Gasteiger partial charge in [0, 0.05) is 42.8 Å². The largest absolute Gasteiger partial charge is 0.371 e. The van der Waals surface area contributed by atoms with Crippen molar-refractivity contribution in [1.29, 1.82) is 0 Å². The number of thiazole rings is 1. The fourth-order valence-electron chi connectivity index (χ4n) is 4.12. The molecule has 9 nitrogen and oxygen atoms in total. The highest BCUT2D eigenvalue weighted by atomic mass is 32.1. The molecule has 2 atom stereocenters. The Morgan fingerprint density at radius 1 is 1.33 bits per heavy atom. The molecule has 30 heavy (non-hydrogen) atoms. The maximum absolute atomic E-state index is 12.6. The van der Waals surface area contributed by atoms with E-state index in [1.165, 1.54) is 23.2 Å². The number of aromatic nitrogens is 2. The first-order chi connectivity index (χ1) is 14.3. The summed E-state index contributed by atoms with van der Waals surface area (Å²) < 4.78 is 0. The highest BCUT2D eigenvalue weighted by molar-refractivity contribution is 7.15. The molecular weight excluding hydrogens is 404 g/mol. The highest BCUT2D eigenvalue weighted by Gasteiger charge is 2.52. The molecule has 0 aliphatic carbocycles. The quantitative estimate of drug-likeness (QED) is 0.686. The van der Waals surface area contributed by atoms with Crippen LogP contribution in [0.15, 0.2) is 24.5 Å². The molecule has 2 aromatic rings. The SMILES string of the molecule is CC(=O)Nc1ncc([C@H](C)N2CCC3(CC2)NC(=O)N(c2ccc(C)nc2)C3O)s1. The molecule has 2 aliphatic heterocycles. The number of anilines is 2. The number of piperidine rings is 1. The number of hydrogen-bond donors (Lipinski definition) is 3. The van der Waals surface area contributed by atoms with E-state index in [0.29, 0.717) is 23.7 Å². The molecule has 160 valence electrons. The zero-order valence-electron chi connectivity index (χ0n) is 17.3. The molecule has 0 saturated carbocycles. The normalized spacial score (nSPS) is 22.2. The minimum atomic E-state index is -0.943. The number of amides is 3. The van der Waals surface area contributed by atoms with Crippen LogP contribution in [-0.2, 0) is 4.79 Å². The van der Waals surface area contributed by atoms with Gasteiger partial charge in [-0.15, -0.1) is 11.3 Å². The molecule has 2 saturated heterocycles. The van der Waals surface area contributed by atoms with Crippen molar-refractivity contribution < 1.29 is 14.7 Å². The Morgan fingerprint density at radius 3 is 2.70 bits per heavy atom. The van der Waals surface area contributed by atoms with Gasteiger partial charge in [-0.3, -0.25) is 19.6 Å². The van der Waals surface area contributed by atoms with Crippen molar-refractivity contribution in [2.75, 3.05) is 23.3 Å². The number of nitrogens with one attached hydrogen (secondary N) is 2. The average Bonchev–Trinajstić information content (AvgIpc) is 3.25. The smallest absolute Gasteiger partial charge is 0.324 e. The third-order valence-electron chi connectivity index (χ3n) is 5.94. The Balaban J connectivity index is 1.43. The number of urea groups is 1. The molecule has 1 spiro atoms. The van der Waals surface area contributed by atoms with Crippen LogP contribution in [0.3, 0.4) is 0 Å². The van der Waals surface area contributed by atoms with E-state index < -0.39 is 11.8 Å². The van der Waals surface area contributed by atoms with Crippen molar-refractivity contribution in [3.05, 3.63) is 35.1 Å². The molecule has 3 amide bonds. The van der Waals surface area contributed by atoms with Gasteiger partial charge in [-0.2, -0.15) is 0 Å². The Labute approximate surface area is 179 Å². The Hall–Kier alpha value is -2.56. The van der Waals surface area contributed by atoms with Crippen LogP contribution in [0.2, 0.25) is 0 Å². The van der Waals surface area contributed by atoms with Crippen LogP contribution >= 0.6 is 11.3 Å². The van der Waals surface area contributed by atoms with Gasteiger partial charge in [-0.05, 0) is 38.8 Å². The van der Waals surface area contributed by atoms with Crippen LogP contribution < -0.4 is 15.5 Å². The second-order valence-corrected chi connectivity index (χ2v) is 9.01. The van der Waals surface area contributed by atoms with Crippen LogP contribution in [0.1, 0.15) is 43.3 Å². The number of likely N-dealkylation sites (tertiary alicyclic amines) is 1. The minimum Gasteiger partial charge on any atom is -0.371 e. The molecule has 4 heterocycles. The van der Waals surface area contributed by atoms with Gasteiger partial charge in [-0.25, -0.2) is 9.78 Å². The number of aliphatic hydroxyl groups is 1. The Bertz CT molecular complexity index is 938. The van der Waals surface area contributed by atoms with Crippen LogP contribution in [0.5, 0.6) is 0 Å². The topological polar surface area (TPSA) is 111 Å². The zero-order chi connectivity index (χ0) is 21.5. The summed E-state index contributed by atoms with van der Waals surface area (Å²) in [6.45, 7) is 6.91. The van der Waals surface area contributed by atoms with Crippen LogP contribution in [-0.4, -0.2) is 56.8 Å². The van der Waals surface area contributed by atoms with E-state index >= 15 is 0 Å². The number of carbonyl (C=O) groups excluding carboxylic acids is 2. The lowest BCUT2D eigenvalue weighted by molar-refractivity contribution is -0.114. The lowest BCUT2D eigenvalue weighted by atomic mass is 9.86. The third-order valence-corrected chi connectivity index (χ3v) is 7.03. The van der Waals surface area contributed by atoms with E-state index in [1.54, 1.807) is 18.5 Å². The van der Waals surface area contributed by atoms with Crippen LogP contribution in [0.25, 0.3) is 0 Å². The molecule has 0 aromatic carbocycles. The number of pyridine rings is 1. The standard InChI is InChI=1S/C20H26N6O3S/c1-12-4-5-15(10-21-12)26-17(28)20(24-19(26)29)6-8-25(9-7-20)13(2)16-11-22-18(30-16)23-14(3)27/h4-5,10-11,13,17,28H,6-9H2,1-3H3,(H,24,29)(H,22,23,27)/t13-,17?/m0/s1. The van der Waals surface area contributed by atoms with Gasteiger partial charge in [0.25, 0.3) is 0 Å². The molecule has 0 radical (unpaired) electrons. The molecule has 1 unspecified atom stereocenters. The minimum absolute atomic E-state index is 0.133. The Kier molecular flexibility index (Phi) is 5.48. The number of aliphatic hydroxyl groups excluding tert-OH is 1. The van der Waals surface area contributed by atoms with E-state index in [9.17, 15) is 14.7 Å². The molecular formula is C20H26N6O3S. The maximum atomic E-state index is 12.6. The Morgan fingerprint density at radius 2 is 2.07 bits per heavy atom. The molecule has 2 aromatic heterocycles. The van der Waals surface area contributed by atoms with Gasteiger partial charge in [0.15, 0.2) is 11.4 Å². The zero-order valence-corrected chi connectivity index (χ0v) is 18.1. The average molecular weight is 431 g/mol. The van der Waals surface area contributed by atoms with Gasteiger partial charge in [0.2, 0.25) is 5.91 Å². The summed E-state index contributed by atoms with van der Waals surface area (Å²) in [5, 5.41) is 17.4. The molecule has 2 aliphatic rings. The molecule has 10 heteroatoms. The van der Waals surface area contributed by atoms with Crippen molar-refractivity contribution in [2.24, 2.45) is 0 Å². The van der Waals surface area contributed by atoms with Crippen molar-refractivity contribution in [3.63, 3.8) is 0 Å². The molecule has 2 fully saturated rings. The van der Waals surface area contributed by atoms with Gasteiger partial charge in [0.05, 0.1) is 17.4 Å². The number of rotatable bonds is 4. The summed E-state index contributed by atoms with van der Waals surface area (Å²) in [5.41, 5.74) is 0.774. The number of carbonyl (C=O) groups is 2. The first-order valence-corrected chi connectivity index (χ1v) is 10.8. The lowest BCUT2D eigenvalue weighted by Crippen LogP contribution is -2.57. The summed E-state index contributed by atoms with van der Waals surface area (Å²) in [7, 11) is 0.